The van der Waals surface area contributed by atoms with Gasteiger partial charge in [0.15, 0.2) is 0 Å². The van der Waals surface area contributed by atoms with Gasteiger partial charge in [0, 0.05) is 25.2 Å². The van der Waals surface area contributed by atoms with Crippen LogP contribution in [0.3, 0.4) is 0 Å². The monoisotopic (exact) mass is 312 g/mol. The van der Waals surface area contributed by atoms with E-state index in [1.165, 1.54) is 12.8 Å². The van der Waals surface area contributed by atoms with Crippen LogP contribution in [0.25, 0.3) is 0 Å². The molecule has 1 heterocycles. The molecule has 1 N–H and O–H groups in total. The third-order valence-corrected chi connectivity index (χ3v) is 4.52. The zero-order chi connectivity index (χ0) is 16.8. The minimum atomic E-state index is -0.417. The Morgan fingerprint density at radius 2 is 2.00 bits per heavy atom. The molecule has 3 unspecified atom stereocenters. The average molecular weight is 312 g/mol. The van der Waals surface area contributed by atoms with E-state index in [1.807, 2.05) is 25.7 Å². The number of hydrogen-bond donors (Lipinski definition) is 1. The molecule has 0 aromatic rings. The zero-order valence-corrected chi connectivity index (χ0v) is 15.4. The SMILES string of the molecule is CCC(C)CC(CC)NCC1CCCN1C(=O)OC(C)(C)C. The lowest BCUT2D eigenvalue weighted by Gasteiger charge is -2.30. The molecule has 0 aromatic carbocycles. The van der Waals surface area contributed by atoms with Crippen molar-refractivity contribution in [3.05, 3.63) is 0 Å². The summed E-state index contributed by atoms with van der Waals surface area (Å²) >= 11 is 0. The van der Waals surface area contributed by atoms with Crippen LogP contribution in [0.2, 0.25) is 0 Å². The van der Waals surface area contributed by atoms with E-state index in [0.29, 0.717) is 6.04 Å². The summed E-state index contributed by atoms with van der Waals surface area (Å²) in [5, 5.41) is 3.67. The fraction of sp³-hybridized carbons (Fsp3) is 0.944. The molecule has 3 atom stereocenters. The number of ether oxygens (including phenoxy) is 1. The summed E-state index contributed by atoms with van der Waals surface area (Å²) in [6.45, 7) is 14.3. The van der Waals surface area contributed by atoms with Crippen molar-refractivity contribution in [2.75, 3.05) is 13.1 Å². The third-order valence-electron chi connectivity index (χ3n) is 4.52. The normalized spacial score (nSPS) is 21.7. The Balaban J connectivity index is 2.47. The van der Waals surface area contributed by atoms with Crippen molar-refractivity contribution >= 4 is 6.09 Å². The van der Waals surface area contributed by atoms with E-state index in [1.54, 1.807) is 0 Å². The van der Waals surface area contributed by atoms with Gasteiger partial charge < -0.3 is 15.0 Å². The average Bonchev–Trinajstić information content (AvgIpc) is 2.89. The number of nitrogens with zero attached hydrogens (tertiary/aromatic N) is 1. The van der Waals surface area contributed by atoms with Gasteiger partial charge in [-0.15, -0.1) is 0 Å². The molecule has 1 saturated heterocycles. The first kappa shape index (κ1) is 19.3. The largest absolute Gasteiger partial charge is 0.444 e. The molecule has 0 bridgehead atoms. The van der Waals surface area contributed by atoms with Gasteiger partial charge in [-0.1, -0.05) is 27.2 Å². The van der Waals surface area contributed by atoms with Crippen molar-refractivity contribution in [2.24, 2.45) is 5.92 Å². The van der Waals surface area contributed by atoms with Gasteiger partial charge in [0.1, 0.15) is 5.60 Å². The lowest BCUT2D eigenvalue weighted by Crippen LogP contribution is -2.46. The van der Waals surface area contributed by atoms with E-state index in [2.05, 4.69) is 26.1 Å². The maximum Gasteiger partial charge on any atom is 0.410 e. The standard InChI is InChI=1S/C18H36N2O2/c1-7-14(3)12-15(8-2)19-13-16-10-9-11-20(16)17(21)22-18(4,5)6/h14-16,19H,7-13H2,1-6H3. The Morgan fingerprint density at radius 1 is 1.32 bits per heavy atom. The Hall–Kier alpha value is -0.770. The van der Waals surface area contributed by atoms with Crippen molar-refractivity contribution < 1.29 is 9.53 Å². The van der Waals surface area contributed by atoms with E-state index in [4.69, 9.17) is 4.74 Å². The molecule has 0 spiro atoms. The van der Waals surface area contributed by atoms with Gasteiger partial charge >= 0.3 is 6.09 Å². The van der Waals surface area contributed by atoms with Crippen molar-refractivity contribution in [3.8, 4) is 0 Å². The van der Waals surface area contributed by atoms with E-state index in [0.717, 1.165) is 38.3 Å². The van der Waals surface area contributed by atoms with Crippen LogP contribution in [0, 0.1) is 5.92 Å². The molecule has 0 saturated carbocycles. The van der Waals surface area contributed by atoms with Gasteiger partial charge in [0.2, 0.25) is 0 Å². The second-order valence-electron chi connectivity index (χ2n) is 7.73. The van der Waals surface area contributed by atoms with Crippen molar-refractivity contribution in [2.45, 2.75) is 91.3 Å². The van der Waals surface area contributed by atoms with Gasteiger partial charge in [-0.3, -0.25) is 0 Å². The molecule has 4 nitrogen and oxygen atoms in total. The minimum absolute atomic E-state index is 0.160. The van der Waals surface area contributed by atoms with Gasteiger partial charge in [-0.2, -0.15) is 0 Å². The number of nitrogens with one attached hydrogen (secondary N) is 1. The maximum absolute atomic E-state index is 12.3. The summed E-state index contributed by atoms with van der Waals surface area (Å²) in [4.78, 5) is 14.2. The lowest BCUT2D eigenvalue weighted by molar-refractivity contribution is 0.0224. The Kier molecular flexibility index (Phi) is 7.67. The van der Waals surface area contributed by atoms with Gasteiger partial charge in [0.05, 0.1) is 0 Å². The highest BCUT2D eigenvalue weighted by Gasteiger charge is 2.32. The second-order valence-corrected chi connectivity index (χ2v) is 7.73. The third kappa shape index (κ3) is 6.55. The van der Waals surface area contributed by atoms with Crippen LogP contribution in [0.1, 0.15) is 73.6 Å². The zero-order valence-electron chi connectivity index (χ0n) is 15.4. The molecular formula is C18H36N2O2. The molecule has 22 heavy (non-hydrogen) atoms. The number of carbonyl (C=O) groups is 1. The lowest BCUT2D eigenvalue weighted by atomic mass is 9.97. The second kappa shape index (κ2) is 8.76. The van der Waals surface area contributed by atoms with Crippen LogP contribution in [-0.2, 0) is 4.74 Å². The number of rotatable bonds is 7. The smallest absolute Gasteiger partial charge is 0.410 e. The van der Waals surface area contributed by atoms with Gasteiger partial charge in [-0.25, -0.2) is 4.79 Å². The fourth-order valence-electron chi connectivity index (χ4n) is 2.96. The van der Waals surface area contributed by atoms with Crippen LogP contribution in [0.15, 0.2) is 0 Å². The quantitative estimate of drug-likeness (QED) is 0.766. The molecule has 0 aliphatic carbocycles. The van der Waals surface area contributed by atoms with Gasteiger partial charge in [-0.05, 0) is 52.4 Å². The molecule has 1 aliphatic heterocycles. The number of amides is 1. The number of likely N-dealkylation sites (tertiary alicyclic amines) is 1. The summed E-state index contributed by atoms with van der Waals surface area (Å²) in [6.07, 6.45) is 5.58. The summed E-state index contributed by atoms with van der Waals surface area (Å²) < 4.78 is 5.53. The number of hydrogen-bond acceptors (Lipinski definition) is 3. The molecular weight excluding hydrogens is 276 g/mol. The Labute approximate surface area is 137 Å². The summed E-state index contributed by atoms with van der Waals surface area (Å²) in [6, 6.07) is 0.830. The molecule has 130 valence electrons. The highest BCUT2D eigenvalue weighted by molar-refractivity contribution is 5.69. The minimum Gasteiger partial charge on any atom is -0.444 e. The van der Waals surface area contributed by atoms with Crippen molar-refractivity contribution in [1.29, 1.82) is 0 Å². The Bertz CT molecular complexity index is 338. The fourth-order valence-corrected chi connectivity index (χ4v) is 2.96. The predicted octanol–water partition coefficient (Wildman–Crippen LogP) is 4.19. The topological polar surface area (TPSA) is 41.6 Å². The predicted molar refractivity (Wildman–Crippen MR) is 92.1 cm³/mol. The highest BCUT2D eigenvalue weighted by Crippen LogP contribution is 2.21. The van der Waals surface area contributed by atoms with Crippen LogP contribution in [0.4, 0.5) is 4.79 Å². The van der Waals surface area contributed by atoms with Crippen LogP contribution in [0.5, 0.6) is 0 Å². The highest BCUT2D eigenvalue weighted by atomic mass is 16.6. The summed E-state index contributed by atoms with van der Waals surface area (Å²) in [7, 11) is 0. The van der Waals surface area contributed by atoms with Crippen molar-refractivity contribution in [1.82, 2.24) is 10.2 Å². The number of carbonyl (C=O) groups excluding carboxylic acids is 1. The first-order chi connectivity index (χ1) is 10.3. The molecule has 4 heteroatoms. The summed E-state index contributed by atoms with van der Waals surface area (Å²) in [5.74, 6) is 0.753. The first-order valence-corrected chi connectivity index (χ1v) is 8.99. The molecule has 0 radical (unpaired) electrons. The Morgan fingerprint density at radius 3 is 2.55 bits per heavy atom. The van der Waals surface area contributed by atoms with Crippen LogP contribution >= 0.6 is 0 Å². The van der Waals surface area contributed by atoms with Gasteiger partial charge in [0.25, 0.3) is 0 Å². The molecule has 1 aliphatic rings. The molecule has 1 amide bonds. The van der Waals surface area contributed by atoms with E-state index < -0.39 is 5.60 Å². The van der Waals surface area contributed by atoms with Crippen LogP contribution in [-0.4, -0.2) is 41.8 Å². The molecule has 1 fully saturated rings. The molecule has 1 rings (SSSR count). The van der Waals surface area contributed by atoms with E-state index in [-0.39, 0.29) is 12.1 Å². The van der Waals surface area contributed by atoms with Crippen LogP contribution < -0.4 is 5.32 Å². The van der Waals surface area contributed by atoms with E-state index >= 15 is 0 Å². The maximum atomic E-state index is 12.3. The first-order valence-electron chi connectivity index (χ1n) is 8.99. The summed E-state index contributed by atoms with van der Waals surface area (Å²) in [5.41, 5.74) is -0.417. The van der Waals surface area contributed by atoms with E-state index in [9.17, 15) is 4.79 Å². The van der Waals surface area contributed by atoms with Crippen molar-refractivity contribution in [3.63, 3.8) is 0 Å². The molecule has 0 aromatic heterocycles.